The van der Waals surface area contributed by atoms with Crippen LogP contribution in [0.5, 0.6) is 0 Å². The van der Waals surface area contributed by atoms with Gasteiger partial charge in [0, 0.05) is 6.04 Å². The zero-order valence-electron chi connectivity index (χ0n) is 8.57. The van der Waals surface area contributed by atoms with Crippen molar-refractivity contribution < 1.29 is 13.5 Å². The van der Waals surface area contributed by atoms with Gasteiger partial charge in [-0.2, -0.15) is 0 Å². The second-order valence-electron chi connectivity index (χ2n) is 3.95. The first-order chi connectivity index (χ1) is 6.53. The highest BCUT2D eigenvalue weighted by Gasteiger charge is 2.23. The number of aliphatic hydroxyl groups is 1. The normalized spacial score (nSPS) is 29.0. The lowest BCUT2D eigenvalue weighted by Gasteiger charge is -2.26. The lowest BCUT2D eigenvalue weighted by molar-refractivity contribution is 0.117. The van der Waals surface area contributed by atoms with Crippen molar-refractivity contribution in [3.63, 3.8) is 0 Å². The summed E-state index contributed by atoms with van der Waals surface area (Å²) in [6, 6.07) is -0.0599. The maximum atomic E-state index is 11.4. The molecule has 1 saturated carbocycles. The van der Waals surface area contributed by atoms with E-state index < -0.39 is 10.0 Å². The first-order valence-electron chi connectivity index (χ1n) is 5.21. The monoisotopic (exact) mass is 221 g/mol. The maximum absolute atomic E-state index is 11.4. The number of sulfonamides is 1. The molecule has 0 aromatic heterocycles. The summed E-state index contributed by atoms with van der Waals surface area (Å²) in [7, 11) is -3.12. The van der Waals surface area contributed by atoms with Gasteiger partial charge in [0.1, 0.15) is 0 Å². The standard InChI is InChI=1S/C9H19NO3S/c1-2-6-14(12,13)10-8-4-3-5-9(11)7-8/h8-11H,2-7H2,1H3. The van der Waals surface area contributed by atoms with Gasteiger partial charge in [-0.15, -0.1) is 0 Å². The van der Waals surface area contributed by atoms with Crippen LogP contribution in [0.3, 0.4) is 0 Å². The molecular formula is C9H19NO3S. The molecule has 5 heteroatoms. The molecule has 1 aliphatic carbocycles. The molecule has 0 spiro atoms. The Labute approximate surface area is 85.8 Å². The van der Waals surface area contributed by atoms with Gasteiger partial charge in [0.05, 0.1) is 11.9 Å². The smallest absolute Gasteiger partial charge is 0.211 e. The van der Waals surface area contributed by atoms with Gasteiger partial charge in [-0.25, -0.2) is 13.1 Å². The fourth-order valence-electron chi connectivity index (χ4n) is 1.85. The van der Waals surface area contributed by atoms with Gasteiger partial charge in [0.25, 0.3) is 0 Å². The van der Waals surface area contributed by atoms with E-state index in [-0.39, 0.29) is 17.9 Å². The molecule has 0 heterocycles. The van der Waals surface area contributed by atoms with E-state index >= 15 is 0 Å². The molecule has 0 radical (unpaired) electrons. The highest BCUT2D eigenvalue weighted by molar-refractivity contribution is 7.89. The van der Waals surface area contributed by atoms with Gasteiger partial charge >= 0.3 is 0 Å². The minimum atomic E-state index is -3.12. The zero-order valence-corrected chi connectivity index (χ0v) is 9.39. The molecule has 1 aliphatic rings. The average Bonchev–Trinajstić information content (AvgIpc) is 2.02. The van der Waals surface area contributed by atoms with Crippen molar-refractivity contribution >= 4 is 10.0 Å². The maximum Gasteiger partial charge on any atom is 0.211 e. The SMILES string of the molecule is CCCS(=O)(=O)NC1CCCC(O)C1. The van der Waals surface area contributed by atoms with Crippen LogP contribution in [0.1, 0.15) is 39.0 Å². The largest absolute Gasteiger partial charge is 0.393 e. The van der Waals surface area contributed by atoms with Crippen LogP contribution in [0, 0.1) is 0 Å². The summed E-state index contributed by atoms with van der Waals surface area (Å²) in [6.07, 6.45) is 3.40. The van der Waals surface area contributed by atoms with Gasteiger partial charge < -0.3 is 5.11 Å². The van der Waals surface area contributed by atoms with E-state index in [0.29, 0.717) is 12.8 Å². The molecule has 0 bridgehead atoms. The third-order valence-electron chi connectivity index (χ3n) is 2.47. The van der Waals surface area contributed by atoms with Gasteiger partial charge in [-0.1, -0.05) is 6.92 Å². The number of nitrogens with one attached hydrogen (secondary N) is 1. The summed E-state index contributed by atoms with van der Waals surface area (Å²) in [5.41, 5.74) is 0. The predicted octanol–water partition coefficient (Wildman–Crippen LogP) is 0.619. The van der Waals surface area contributed by atoms with E-state index in [1.54, 1.807) is 0 Å². The van der Waals surface area contributed by atoms with Crippen LogP contribution in [0.25, 0.3) is 0 Å². The molecule has 1 fully saturated rings. The lowest BCUT2D eigenvalue weighted by Crippen LogP contribution is -2.40. The van der Waals surface area contributed by atoms with Crippen molar-refractivity contribution in [2.45, 2.75) is 51.2 Å². The third-order valence-corrected chi connectivity index (χ3v) is 4.10. The molecule has 0 aliphatic heterocycles. The van der Waals surface area contributed by atoms with Crippen LogP contribution in [0.4, 0.5) is 0 Å². The van der Waals surface area contributed by atoms with Gasteiger partial charge in [0.2, 0.25) is 10.0 Å². The van der Waals surface area contributed by atoms with Crippen LogP contribution in [-0.2, 0) is 10.0 Å². The van der Waals surface area contributed by atoms with E-state index in [0.717, 1.165) is 19.3 Å². The Kier molecular flexibility index (Phi) is 4.34. The predicted molar refractivity (Wildman–Crippen MR) is 55.5 cm³/mol. The molecule has 2 unspecified atom stereocenters. The summed E-state index contributed by atoms with van der Waals surface area (Å²) >= 11 is 0. The Hall–Kier alpha value is -0.130. The van der Waals surface area contributed by atoms with Crippen LogP contribution in [0.15, 0.2) is 0 Å². The summed E-state index contributed by atoms with van der Waals surface area (Å²) < 4.78 is 25.5. The summed E-state index contributed by atoms with van der Waals surface area (Å²) in [5, 5.41) is 9.37. The molecule has 0 aromatic carbocycles. The molecule has 84 valence electrons. The molecule has 1 rings (SSSR count). The van der Waals surface area contributed by atoms with Crippen molar-refractivity contribution in [3.8, 4) is 0 Å². The first-order valence-corrected chi connectivity index (χ1v) is 6.87. The highest BCUT2D eigenvalue weighted by Crippen LogP contribution is 2.18. The molecule has 14 heavy (non-hydrogen) atoms. The molecule has 2 atom stereocenters. The Morgan fingerprint density at radius 2 is 2.14 bits per heavy atom. The second-order valence-corrected chi connectivity index (χ2v) is 5.83. The second kappa shape index (κ2) is 5.09. The van der Waals surface area contributed by atoms with Crippen molar-refractivity contribution in [1.29, 1.82) is 0 Å². The zero-order chi connectivity index (χ0) is 10.6. The number of rotatable bonds is 4. The van der Waals surface area contributed by atoms with Crippen molar-refractivity contribution in [2.75, 3.05) is 5.75 Å². The molecule has 4 nitrogen and oxygen atoms in total. The highest BCUT2D eigenvalue weighted by atomic mass is 32.2. The summed E-state index contributed by atoms with van der Waals surface area (Å²) in [4.78, 5) is 0. The van der Waals surface area contributed by atoms with Crippen molar-refractivity contribution in [3.05, 3.63) is 0 Å². The van der Waals surface area contributed by atoms with E-state index in [4.69, 9.17) is 0 Å². The van der Waals surface area contributed by atoms with Gasteiger partial charge in [0.15, 0.2) is 0 Å². The van der Waals surface area contributed by atoms with Gasteiger partial charge in [-0.05, 0) is 32.1 Å². The van der Waals surface area contributed by atoms with Crippen molar-refractivity contribution in [2.24, 2.45) is 0 Å². The minimum Gasteiger partial charge on any atom is -0.393 e. The molecule has 0 amide bonds. The quantitative estimate of drug-likeness (QED) is 0.731. The Morgan fingerprint density at radius 3 is 2.71 bits per heavy atom. The fourth-order valence-corrected chi connectivity index (χ4v) is 3.23. The van der Waals surface area contributed by atoms with Crippen molar-refractivity contribution in [1.82, 2.24) is 4.72 Å². The Morgan fingerprint density at radius 1 is 1.43 bits per heavy atom. The molecular weight excluding hydrogens is 202 g/mol. The number of aliphatic hydroxyl groups excluding tert-OH is 1. The fraction of sp³-hybridized carbons (Fsp3) is 1.00. The van der Waals surface area contributed by atoms with Crippen LogP contribution < -0.4 is 4.72 Å². The van der Waals surface area contributed by atoms with Crippen LogP contribution in [-0.4, -0.2) is 31.4 Å². The first kappa shape index (κ1) is 11.9. The van der Waals surface area contributed by atoms with Crippen LogP contribution in [0.2, 0.25) is 0 Å². The summed E-state index contributed by atoms with van der Waals surface area (Å²) in [6.45, 7) is 1.84. The number of hydrogen-bond donors (Lipinski definition) is 2. The molecule has 0 aromatic rings. The van der Waals surface area contributed by atoms with E-state index in [2.05, 4.69) is 4.72 Å². The topological polar surface area (TPSA) is 66.4 Å². The van der Waals surface area contributed by atoms with Gasteiger partial charge in [-0.3, -0.25) is 0 Å². The molecule has 2 N–H and O–H groups in total. The third kappa shape index (κ3) is 3.94. The number of hydrogen-bond acceptors (Lipinski definition) is 3. The van der Waals surface area contributed by atoms with E-state index in [9.17, 15) is 13.5 Å². The Balaban J connectivity index is 2.43. The summed E-state index contributed by atoms with van der Waals surface area (Å²) in [5.74, 6) is 0.180. The van der Waals surface area contributed by atoms with Crippen LogP contribution >= 0.6 is 0 Å². The van der Waals surface area contributed by atoms with E-state index in [1.165, 1.54) is 0 Å². The lowest BCUT2D eigenvalue weighted by atomic mass is 9.94. The average molecular weight is 221 g/mol. The Bertz CT molecular complexity index is 263. The van der Waals surface area contributed by atoms with E-state index in [1.807, 2.05) is 6.92 Å². The minimum absolute atomic E-state index is 0.0599. The molecule has 0 saturated heterocycles.